The van der Waals surface area contributed by atoms with Gasteiger partial charge in [-0.3, -0.25) is 4.79 Å². The molecule has 0 radical (unpaired) electrons. The van der Waals surface area contributed by atoms with Crippen molar-refractivity contribution in [2.45, 2.75) is 31.8 Å². The molecule has 0 spiro atoms. The van der Waals surface area contributed by atoms with Gasteiger partial charge in [-0.1, -0.05) is 0 Å². The topological polar surface area (TPSA) is 78.8 Å². The first-order chi connectivity index (χ1) is 6.60. The van der Waals surface area contributed by atoms with Crippen molar-refractivity contribution in [2.75, 3.05) is 20.3 Å². The number of methoxy groups -OCH3 is 1. The lowest BCUT2D eigenvalue weighted by atomic mass is 10.1. The Hall–Kier alpha value is -0.650. The van der Waals surface area contributed by atoms with Crippen molar-refractivity contribution in [3.05, 3.63) is 0 Å². The van der Waals surface area contributed by atoms with Crippen LogP contribution < -0.4 is 5.32 Å². The van der Waals surface area contributed by atoms with Crippen molar-refractivity contribution in [3.63, 3.8) is 0 Å². The molecular formula is C9H19NO4. The van der Waals surface area contributed by atoms with Gasteiger partial charge in [-0.15, -0.1) is 0 Å². The largest absolute Gasteiger partial charge is 0.481 e. The lowest BCUT2D eigenvalue weighted by molar-refractivity contribution is -0.137. The summed E-state index contributed by atoms with van der Waals surface area (Å²) < 4.78 is 4.94. The number of aliphatic carboxylic acids is 1. The molecule has 0 saturated carbocycles. The van der Waals surface area contributed by atoms with Gasteiger partial charge in [0.15, 0.2) is 0 Å². The SMILES string of the molecule is COCC(CCO)NC(C)CC(=O)O. The van der Waals surface area contributed by atoms with Crippen LogP contribution in [-0.2, 0) is 9.53 Å². The van der Waals surface area contributed by atoms with Crippen molar-refractivity contribution < 1.29 is 19.7 Å². The molecule has 2 atom stereocenters. The molecule has 0 saturated heterocycles. The van der Waals surface area contributed by atoms with Crippen molar-refractivity contribution in [1.82, 2.24) is 5.32 Å². The molecule has 0 fully saturated rings. The Morgan fingerprint density at radius 1 is 1.57 bits per heavy atom. The van der Waals surface area contributed by atoms with Gasteiger partial charge in [0.1, 0.15) is 0 Å². The molecule has 0 aromatic rings. The van der Waals surface area contributed by atoms with Crippen LogP contribution in [0.25, 0.3) is 0 Å². The highest BCUT2D eigenvalue weighted by atomic mass is 16.5. The highest BCUT2D eigenvalue weighted by Crippen LogP contribution is 1.98. The van der Waals surface area contributed by atoms with Crippen LogP contribution in [0.5, 0.6) is 0 Å². The van der Waals surface area contributed by atoms with Crippen LogP contribution in [0.3, 0.4) is 0 Å². The third-order valence-corrected chi connectivity index (χ3v) is 1.85. The van der Waals surface area contributed by atoms with E-state index in [1.165, 1.54) is 0 Å². The van der Waals surface area contributed by atoms with Gasteiger partial charge in [0.05, 0.1) is 13.0 Å². The third kappa shape index (κ3) is 6.82. The Labute approximate surface area is 84.1 Å². The van der Waals surface area contributed by atoms with E-state index in [0.717, 1.165) is 0 Å². The van der Waals surface area contributed by atoms with Gasteiger partial charge in [0.25, 0.3) is 0 Å². The van der Waals surface area contributed by atoms with E-state index in [0.29, 0.717) is 13.0 Å². The van der Waals surface area contributed by atoms with E-state index in [1.807, 2.05) is 0 Å². The highest BCUT2D eigenvalue weighted by molar-refractivity contribution is 5.67. The third-order valence-electron chi connectivity index (χ3n) is 1.85. The maximum absolute atomic E-state index is 10.4. The first kappa shape index (κ1) is 13.4. The van der Waals surface area contributed by atoms with Gasteiger partial charge in [0.2, 0.25) is 0 Å². The Morgan fingerprint density at radius 3 is 2.64 bits per heavy atom. The minimum atomic E-state index is -0.829. The molecule has 5 nitrogen and oxygen atoms in total. The summed E-state index contributed by atoms with van der Waals surface area (Å²) in [5.41, 5.74) is 0. The predicted octanol–water partition coefficient (Wildman–Crippen LogP) is -0.163. The molecular weight excluding hydrogens is 186 g/mol. The number of carboxylic acid groups (broad SMARTS) is 1. The van der Waals surface area contributed by atoms with Crippen LogP contribution in [0, 0.1) is 0 Å². The number of hydrogen-bond acceptors (Lipinski definition) is 4. The summed E-state index contributed by atoms with van der Waals surface area (Å²) in [4.78, 5) is 10.4. The summed E-state index contributed by atoms with van der Waals surface area (Å²) in [6.07, 6.45) is 0.642. The van der Waals surface area contributed by atoms with Crippen LogP contribution in [0.2, 0.25) is 0 Å². The zero-order chi connectivity index (χ0) is 11.0. The summed E-state index contributed by atoms with van der Waals surface area (Å²) >= 11 is 0. The molecule has 0 rings (SSSR count). The zero-order valence-corrected chi connectivity index (χ0v) is 8.69. The second-order valence-corrected chi connectivity index (χ2v) is 3.33. The molecule has 0 aliphatic carbocycles. The average molecular weight is 205 g/mol. The summed E-state index contributed by atoms with van der Waals surface area (Å²) in [7, 11) is 1.58. The summed E-state index contributed by atoms with van der Waals surface area (Å²) in [5.74, 6) is -0.829. The number of nitrogens with one attached hydrogen (secondary N) is 1. The molecule has 0 aliphatic heterocycles. The molecule has 0 aromatic heterocycles. The molecule has 0 amide bonds. The normalized spacial score (nSPS) is 15.1. The Kier molecular flexibility index (Phi) is 7.37. The predicted molar refractivity (Wildman–Crippen MR) is 52.2 cm³/mol. The van der Waals surface area contributed by atoms with E-state index in [1.54, 1.807) is 14.0 Å². The number of rotatable bonds is 8. The van der Waals surface area contributed by atoms with Gasteiger partial charge in [-0.25, -0.2) is 0 Å². The summed E-state index contributed by atoms with van der Waals surface area (Å²) in [6, 6.07) is -0.0986. The van der Waals surface area contributed by atoms with E-state index in [-0.39, 0.29) is 25.1 Å². The highest BCUT2D eigenvalue weighted by Gasteiger charge is 2.13. The minimum Gasteiger partial charge on any atom is -0.481 e. The molecule has 0 aromatic carbocycles. The first-order valence-electron chi connectivity index (χ1n) is 4.67. The maximum Gasteiger partial charge on any atom is 0.304 e. The molecule has 84 valence electrons. The molecule has 0 aliphatic rings. The van der Waals surface area contributed by atoms with E-state index in [4.69, 9.17) is 14.9 Å². The zero-order valence-electron chi connectivity index (χ0n) is 8.69. The van der Waals surface area contributed by atoms with Crippen LogP contribution in [0.1, 0.15) is 19.8 Å². The Morgan fingerprint density at radius 2 is 2.21 bits per heavy atom. The second kappa shape index (κ2) is 7.73. The van der Waals surface area contributed by atoms with Crippen LogP contribution in [-0.4, -0.2) is 48.6 Å². The molecule has 0 heterocycles. The fourth-order valence-corrected chi connectivity index (χ4v) is 1.30. The molecule has 5 heteroatoms. The smallest absolute Gasteiger partial charge is 0.304 e. The van der Waals surface area contributed by atoms with E-state index in [9.17, 15) is 4.79 Å². The van der Waals surface area contributed by atoms with Gasteiger partial charge in [-0.2, -0.15) is 0 Å². The van der Waals surface area contributed by atoms with Crippen LogP contribution in [0.15, 0.2) is 0 Å². The molecule has 0 bridgehead atoms. The number of aliphatic hydroxyl groups excluding tert-OH is 1. The number of carbonyl (C=O) groups is 1. The fraction of sp³-hybridized carbons (Fsp3) is 0.889. The van der Waals surface area contributed by atoms with Crippen LogP contribution >= 0.6 is 0 Å². The van der Waals surface area contributed by atoms with Gasteiger partial charge in [-0.05, 0) is 13.3 Å². The van der Waals surface area contributed by atoms with Crippen molar-refractivity contribution in [3.8, 4) is 0 Å². The summed E-state index contributed by atoms with van der Waals surface area (Å²) in [6.45, 7) is 2.35. The summed E-state index contributed by atoms with van der Waals surface area (Å²) in [5, 5.41) is 20.4. The minimum absolute atomic E-state index is 0.0133. The molecule has 3 N–H and O–H groups in total. The number of carboxylic acids is 1. The van der Waals surface area contributed by atoms with E-state index < -0.39 is 5.97 Å². The second-order valence-electron chi connectivity index (χ2n) is 3.33. The monoisotopic (exact) mass is 205 g/mol. The number of aliphatic hydroxyl groups is 1. The van der Waals surface area contributed by atoms with E-state index >= 15 is 0 Å². The van der Waals surface area contributed by atoms with Crippen molar-refractivity contribution in [1.29, 1.82) is 0 Å². The van der Waals surface area contributed by atoms with E-state index in [2.05, 4.69) is 5.32 Å². The Bertz CT molecular complexity index is 157. The molecule has 2 unspecified atom stereocenters. The number of hydrogen-bond donors (Lipinski definition) is 3. The lowest BCUT2D eigenvalue weighted by Crippen LogP contribution is -2.41. The van der Waals surface area contributed by atoms with Crippen molar-refractivity contribution in [2.24, 2.45) is 0 Å². The first-order valence-corrected chi connectivity index (χ1v) is 4.67. The number of ether oxygens (including phenoxy) is 1. The average Bonchev–Trinajstić information content (AvgIpc) is 2.03. The molecule has 14 heavy (non-hydrogen) atoms. The van der Waals surface area contributed by atoms with Gasteiger partial charge in [0, 0.05) is 25.8 Å². The van der Waals surface area contributed by atoms with Gasteiger partial charge >= 0.3 is 5.97 Å². The lowest BCUT2D eigenvalue weighted by Gasteiger charge is -2.20. The standard InChI is InChI=1S/C9H19NO4/c1-7(5-9(12)13)10-8(3-4-11)6-14-2/h7-8,10-11H,3-6H2,1-2H3,(H,12,13). The fourth-order valence-electron chi connectivity index (χ4n) is 1.30. The maximum atomic E-state index is 10.4. The Balaban J connectivity index is 3.81. The van der Waals surface area contributed by atoms with Crippen molar-refractivity contribution >= 4 is 5.97 Å². The quantitative estimate of drug-likeness (QED) is 0.513. The van der Waals surface area contributed by atoms with Gasteiger partial charge < -0.3 is 20.3 Å². The van der Waals surface area contributed by atoms with Crippen LogP contribution in [0.4, 0.5) is 0 Å².